The van der Waals surface area contributed by atoms with Crippen molar-refractivity contribution in [2.24, 2.45) is 29.1 Å². The van der Waals surface area contributed by atoms with Gasteiger partial charge in [0.1, 0.15) is 0 Å². The summed E-state index contributed by atoms with van der Waals surface area (Å²) < 4.78 is 19.7. The van der Waals surface area contributed by atoms with Crippen molar-refractivity contribution in [2.45, 2.75) is 104 Å². The van der Waals surface area contributed by atoms with Crippen LogP contribution in [0.1, 0.15) is 74.1 Å². The highest BCUT2D eigenvalue weighted by atomic mass is 28.4. The van der Waals surface area contributed by atoms with Gasteiger partial charge in [-0.05, 0) is 49.4 Å². The van der Waals surface area contributed by atoms with Gasteiger partial charge in [0, 0.05) is 36.5 Å². The summed E-state index contributed by atoms with van der Waals surface area (Å²) in [4.78, 5) is 12.8. The Balaban J connectivity index is 1.79. The molecule has 1 heterocycles. The molecule has 1 aliphatic heterocycles. The summed E-state index contributed by atoms with van der Waals surface area (Å²) in [5.41, 5.74) is 0.0696. The Morgan fingerprint density at radius 3 is 2.42 bits per heavy atom. The fraction of sp³-hybridized carbons (Fsp3) is 0.821. The highest BCUT2D eigenvalue weighted by molar-refractivity contribution is 6.74. The van der Waals surface area contributed by atoms with Crippen LogP contribution in [0, 0.1) is 40.9 Å². The summed E-state index contributed by atoms with van der Waals surface area (Å²) in [5, 5.41) is 0.157. The zero-order valence-corrected chi connectivity index (χ0v) is 23.4. The summed E-state index contributed by atoms with van der Waals surface area (Å²) in [5.74, 6) is 6.72. The third-order valence-corrected chi connectivity index (χ3v) is 12.9. The van der Waals surface area contributed by atoms with Crippen LogP contribution in [0.15, 0.2) is 12.2 Å². The lowest BCUT2D eigenvalue weighted by Crippen LogP contribution is -2.47. The van der Waals surface area contributed by atoms with Crippen molar-refractivity contribution >= 4 is 14.1 Å². The second kappa shape index (κ2) is 9.61. The van der Waals surface area contributed by atoms with Gasteiger partial charge in [0.15, 0.2) is 19.9 Å². The molecule has 0 aromatic carbocycles. The molecule has 1 unspecified atom stereocenters. The number of rotatable bonds is 6. The largest absolute Gasteiger partial charge is 0.413 e. The number of hydrogen-bond acceptors (Lipinski definition) is 4. The second-order valence-corrected chi connectivity index (χ2v) is 17.8. The number of ketones is 1. The summed E-state index contributed by atoms with van der Waals surface area (Å²) in [6.45, 7) is 21.2. The van der Waals surface area contributed by atoms with E-state index in [1.807, 2.05) is 19.9 Å². The van der Waals surface area contributed by atoms with E-state index in [2.05, 4.69) is 65.6 Å². The topological polar surface area (TPSA) is 44.8 Å². The maximum atomic E-state index is 12.8. The predicted molar refractivity (Wildman–Crippen MR) is 136 cm³/mol. The Hall–Kier alpha value is -0.933. The van der Waals surface area contributed by atoms with Gasteiger partial charge in [-0.1, -0.05) is 47.6 Å². The number of carbonyl (C=O) groups excluding carboxylic acids is 1. The maximum absolute atomic E-state index is 12.8. The van der Waals surface area contributed by atoms with Gasteiger partial charge < -0.3 is 13.9 Å². The van der Waals surface area contributed by atoms with Gasteiger partial charge in [0.05, 0.1) is 19.3 Å². The van der Waals surface area contributed by atoms with Crippen LogP contribution in [0.3, 0.4) is 0 Å². The zero-order valence-electron chi connectivity index (χ0n) is 22.4. The van der Waals surface area contributed by atoms with E-state index < -0.39 is 14.1 Å². The molecule has 0 bridgehead atoms. The van der Waals surface area contributed by atoms with Gasteiger partial charge >= 0.3 is 0 Å². The molecule has 2 aliphatic carbocycles. The van der Waals surface area contributed by atoms with Crippen molar-refractivity contribution < 1.29 is 18.7 Å². The summed E-state index contributed by atoms with van der Waals surface area (Å²) in [7, 11) is -1.92. The van der Waals surface area contributed by atoms with Gasteiger partial charge in [-0.3, -0.25) is 4.79 Å². The number of fused-ring (bicyclic) bond motifs is 1. The Bertz CT molecular complexity index is 800. The van der Waals surface area contributed by atoms with Crippen LogP contribution >= 0.6 is 0 Å². The fourth-order valence-corrected chi connectivity index (χ4v) is 6.61. The minimum Gasteiger partial charge on any atom is -0.413 e. The first-order valence-corrected chi connectivity index (χ1v) is 15.7. The average molecular weight is 475 g/mol. The first-order chi connectivity index (χ1) is 15.2. The van der Waals surface area contributed by atoms with Crippen LogP contribution in [0.25, 0.3) is 0 Å². The Morgan fingerprint density at radius 1 is 1.21 bits per heavy atom. The molecule has 2 saturated carbocycles. The van der Waals surface area contributed by atoms with E-state index in [9.17, 15) is 4.79 Å². The van der Waals surface area contributed by atoms with Gasteiger partial charge in [-0.25, -0.2) is 0 Å². The average Bonchev–Trinajstić information content (AvgIpc) is 3.19. The zero-order chi connectivity index (χ0) is 24.7. The molecule has 1 spiro atoms. The van der Waals surface area contributed by atoms with Crippen molar-refractivity contribution in [1.82, 2.24) is 0 Å². The van der Waals surface area contributed by atoms with Gasteiger partial charge in [0.2, 0.25) is 0 Å². The Kier molecular flexibility index (Phi) is 7.76. The molecule has 3 aliphatic rings. The molecular weight excluding hydrogens is 428 g/mol. The Labute approximate surface area is 203 Å². The molecule has 0 aromatic rings. The smallest absolute Gasteiger partial charge is 0.192 e. The lowest BCUT2D eigenvalue weighted by Gasteiger charge is -2.43. The van der Waals surface area contributed by atoms with E-state index in [0.29, 0.717) is 18.3 Å². The quantitative estimate of drug-likeness (QED) is 0.255. The summed E-state index contributed by atoms with van der Waals surface area (Å²) in [6.07, 6.45) is 7.60. The number of hydrogen-bond donors (Lipinski definition) is 0. The minimum atomic E-state index is -1.92. The third-order valence-electron chi connectivity index (χ3n) is 8.44. The van der Waals surface area contributed by atoms with Gasteiger partial charge in [-0.2, -0.15) is 0 Å². The molecule has 5 heteroatoms. The molecule has 0 aromatic heterocycles. The van der Waals surface area contributed by atoms with Crippen LogP contribution in [0.2, 0.25) is 18.1 Å². The molecule has 1 saturated heterocycles. The molecule has 5 atom stereocenters. The number of ether oxygens (including phenoxy) is 2. The van der Waals surface area contributed by atoms with E-state index in [1.54, 1.807) is 0 Å². The van der Waals surface area contributed by atoms with Crippen molar-refractivity contribution in [3.63, 3.8) is 0 Å². The third kappa shape index (κ3) is 6.01. The van der Waals surface area contributed by atoms with Crippen molar-refractivity contribution in [2.75, 3.05) is 13.2 Å². The van der Waals surface area contributed by atoms with Crippen LogP contribution in [-0.4, -0.2) is 39.2 Å². The van der Waals surface area contributed by atoms with Gasteiger partial charge in [0.25, 0.3) is 0 Å². The number of allylic oxidation sites excluding steroid dienone is 1. The normalized spacial score (nSPS) is 31.9. The summed E-state index contributed by atoms with van der Waals surface area (Å²) >= 11 is 0. The van der Waals surface area contributed by atoms with E-state index in [0.717, 1.165) is 32.5 Å². The van der Waals surface area contributed by atoms with E-state index in [-0.39, 0.29) is 34.2 Å². The molecule has 0 N–H and O–H groups in total. The molecule has 0 amide bonds. The standard InChI is InChI=1S/C28H46O4Si/c1-10-11-12-20(2)24(29)14-13-22-23-17-28(30-18-27(6,7)19-31-28)16-21(23)15-25(22)32-33(8,9)26(3,4)5/h13-14,20-23,25H,12,15-19H2,1-9H3/b14-13+/t20?,21-,22-,23+,25-/m1/s1. The molecular formula is C28H46O4Si. The maximum Gasteiger partial charge on any atom is 0.192 e. The lowest BCUT2D eigenvalue weighted by atomic mass is 9.89. The van der Waals surface area contributed by atoms with Crippen LogP contribution in [0.5, 0.6) is 0 Å². The van der Waals surface area contributed by atoms with E-state index in [1.165, 1.54) is 0 Å². The summed E-state index contributed by atoms with van der Waals surface area (Å²) in [6, 6.07) is 0. The Morgan fingerprint density at radius 2 is 1.85 bits per heavy atom. The van der Waals surface area contributed by atoms with E-state index in [4.69, 9.17) is 13.9 Å². The van der Waals surface area contributed by atoms with Crippen LogP contribution < -0.4 is 0 Å². The van der Waals surface area contributed by atoms with Crippen molar-refractivity contribution in [1.29, 1.82) is 0 Å². The molecule has 186 valence electrons. The van der Waals surface area contributed by atoms with Crippen molar-refractivity contribution in [3.05, 3.63) is 12.2 Å². The first-order valence-electron chi connectivity index (χ1n) is 12.8. The SMILES string of the molecule is CC#CCC(C)C(=O)/C=C/[C@@H]1[C@H]2CC3(C[C@H]2C[C@H]1O[Si](C)(C)C(C)(C)C)OCC(C)(C)CO3. The second-order valence-electron chi connectivity index (χ2n) is 13.0. The number of carbonyl (C=O) groups is 1. The predicted octanol–water partition coefficient (Wildman–Crippen LogP) is 6.37. The fourth-order valence-electron chi connectivity index (χ4n) is 5.25. The highest BCUT2D eigenvalue weighted by Gasteiger charge is 2.58. The van der Waals surface area contributed by atoms with Crippen LogP contribution in [-0.2, 0) is 18.7 Å². The minimum absolute atomic E-state index is 0.0696. The monoisotopic (exact) mass is 474 g/mol. The molecule has 3 fully saturated rings. The highest BCUT2D eigenvalue weighted by Crippen LogP contribution is 2.57. The molecule has 4 nitrogen and oxygen atoms in total. The molecule has 0 radical (unpaired) electrons. The first kappa shape index (κ1) is 26.7. The van der Waals surface area contributed by atoms with Crippen molar-refractivity contribution in [3.8, 4) is 11.8 Å². The molecule has 33 heavy (non-hydrogen) atoms. The van der Waals surface area contributed by atoms with Crippen LogP contribution in [0.4, 0.5) is 0 Å². The van der Waals surface area contributed by atoms with Gasteiger partial charge in [-0.15, -0.1) is 11.8 Å². The molecule has 3 rings (SSSR count). The van der Waals surface area contributed by atoms with E-state index >= 15 is 0 Å². The lowest BCUT2D eigenvalue weighted by molar-refractivity contribution is -0.298.